The van der Waals surface area contributed by atoms with Crippen molar-refractivity contribution in [3.8, 4) is 0 Å². The molecule has 0 aromatic carbocycles. The lowest BCUT2D eigenvalue weighted by Crippen LogP contribution is -2.60. The summed E-state index contributed by atoms with van der Waals surface area (Å²) in [5, 5.41) is 3.26. The summed E-state index contributed by atoms with van der Waals surface area (Å²) in [6, 6.07) is 0. The number of carbonyl (C=O) groups is 5. The molecule has 9 heteroatoms. The first-order valence-electron chi connectivity index (χ1n) is 15.1. The monoisotopic (exact) mass is 544 g/mol. The van der Waals surface area contributed by atoms with Gasteiger partial charge in [-0.25, -0.2) is 4.79 Å². The predicted octanol–water partition coefficient (Wildman–Crippen LogP) is 4.02. The van der Waals surface area contributed by atoms with Gasteiger partial charge in [0.1, 0.15) is 18.4 Å². The van der Waals surface area contributed by atoms with Crippen LogP contribution >= 0.6 is 0 Å². The van der Waals surface area contributed by atoms with Gasteiger partial charge in [0.15, 0.2) is 0 Å². The fourth-order valence-electron chi connectivity index (χ4n) is 8.94. The van der Waals surface area contributed by atoms with Crippen molar-refractivity contribution in [2.75, 3.05) is 13.2 Å². The number of carbonyl (C=O) groups excluding carboxylic acids is 5. The highest BCUT2D eigenvalue weighted by atomic mass is 16.6. The molecule has 1 heterocycles. The summed E-state index contributed by atoms with van der Waals surface area (Å²) in [4.78, 5) is 65.2. The summed E-state index contributed by atoms with van der Waals surface area (Å²) >= 11 is 0. The summed E-state index contributed by atoms with van der Waals surface area (Å²) in [5.41, 5.74) is -0.210. The van der Waals surface area contributed by atoms with Crippen molar-refractivity contribution >= 4 is 29.7 Å². The highest BCUT2D eigenvalue weighted by Gasteiger charge is 2.52. The second kappa shape index (κ2) is 11.2. The number of hydrogen-bond donors (Lipinski definition) is 1. The Kier molecular flexibility index (Phi) is 8.07. The van der Waals surface area contributed by atoms with Gasteiger partial charge in [-0.1, -0.05) is 13.8 Å². The van der Waals surface area contributed by atoms with E-state index >= 15 is 0 Å². The molecular formula is C30H44N2O7. The van der Waals surface area contributed by atoms with Gasteiger partial charge in [-0.2, -0.15) is 0 Å². The molecule has 39 heavy (non-hydrogen) atoms. The maximum absolute atomic E-state index is 13.4. The minimum atomic E-state index is -0.696. The number of rotatable bonds is 8. The Morgan fingerprint density at radius 3 is 2.10 bits per heavy atom. The van der Waals surface area contributed by atoms with Crippen molar-refractivity contribution in [1.82, 2.24) is 10.2 Å². The molecule has 1 saturated heterocycles. The van der Waals surface area contributed by atoms with E-state index in [0.29, 0.717) is 30.1 Å². The van der Waals surface area contributed by atoms with Crippen LogP contribution in [0.3, 0.4) is 0 Å². The molecule has 0 radical (unpaired) electrons. The molecule has 216 valence electrons. The molecule has 9 nitrogen and oxygen atoms in total. The van der Waals surface area contributed by atoms with Gasteiger partial charge in [-0.3, -0.25) is 24.1 Å². The molecule has 0 aromatic rings. The second-order valence-corrected chi connectivity index (χ2v) is 13.4. The number of esters is 1. The number of likely N-dealkylation sites (tertiary alicyclic amines) is 1. The molecule has 0 spiro atoms. The first-order chi connectivity index (χ1) is 18.5. The van der Waals surface area contributed by atoms with Crippen molar-refractivity contribution in [1.29, 1.82) is 0 Å². The van der Waals surface area contributed by atoms with E-state index in [1.54, 1.807) is 6.92 Å². The number of imide groups is 1. The number of piperidine rings is 1. The lowest BCUT2D eigenvalue weighted by molar-refractivity contribution is -0.159. The topological polar surface area (TPSA) is 119 Å². The first-order valence-corrected chi connectivity index (χ1v) is 15.1. The minimum Gasteiger partial charge on any atom is -0.465 e. The van der Waals surface area contributed by atoms with Crippen LogP contribution in [0.4, 0.5) is 4.79 Å². The van der Waals surface area contributed by atoms with Gasteiger partial charge in [0.05, 0.1) is 12.5 Å². The molecule has 6 aliphatic rings. The quantitative estimate of drug-likeness (QED) is 0.362. The second-order valence-electron chi connectivity index (χ2n) is 13.4. The molecule has 0 aromatic heterocycles. The van der Waals surface area contributed by atoms with Crippen LogP contribution in [0.5, 0.6) is 0 Å². The summed E-state index contributed by atoms with van der Waals surface area (Å²) in [6.07, 6.45) is 7.46. The minimum absolute atomic E-state index is 0.0631. The van der Waals surface area contributed by atoms with E-state index in [2.05, 4.69) is 12.2 Å². The normalized spacial score (nSPS) is 37.1. The summed E-state index contributed by atoms with van der Waals surface area (Å²) in [5.74, 6) is 0.0159. The molecule has 1 aliphatic heterocycles. The van der Waals surface area contributed by atoms with Gasteiger partial charge in [-0.05, 0) is 94.3 Å². The van der Waals surface area contributed by atoms with Crippen molar-refractivity contribution in [2.24, 2.45) is 41.4 Å². The molecule has 3 amide bonds. The molecule has 6 fully saturated rings. The molecule has 4 atom stereocenters. The number of ketones is 1. The van der Waals surface area contributed by atoms with Crippen LogP contribution in [0.15, 0.2) is 0 Å². The van der Waals surface area contributed by atoms with Gasteiger partial charge in [0.2, 0.25) is 11.8 Å². The van der Waals surface area contributed by atoms with Crippen LogP contribution in [0.1, 0.15) is 91.4 Å². The molecular weight excluding hydrogens is 500 g/mol. The Hall–Kier alpha value is -2.45. The van der Waals surface area contributed by atoms with Gasteiger partial charge < -0.3 is 14.8 Å². The van der Waals surface area contributed by atoms with Crippen molar-refractivity contribution in [2.45, 2.75) is 103 Å². The van der Waals surface area contributed by atoms with Gasteiger partial charge in [0, 0.05) is 24.3 Å². The number of nitrogens with zero attached hydrogens (tertiary/aromatic N) is 1. The summed E-state index contributed by atoms with van der Waals surface area (Å²) in [7, 11) is 0. The lowest BCUT2D eigenvalue weighted by atomic mass is 9.53. The molecule has 6 rings (SSSR count). The molecule has 2 unspecified atom stereocenters. The zero-order valence-electron chi connectivity index (χ0n) is 23.6. The van der Waals surface area contributed by atoms with E-state index in [9.17, 15) is 24.0 Å². The van der Waals surface area contributed by atoms with Gasteiger partial charge in [0.25, 0.3) is 0 Å². The Balaban J connectivity index is 1.27. The number of ether oxygens (including phenoxy) is 2. The number of amides is 3. The average Bonchev–Trinajstić information content (AvgIpc) is 2.82. The largest absolute Gasteiger partial charge is 0.465 e. The van der Waals surface area contributed by atoms with Gasteiger partial charge in [-0.15, -0.1) is 0 Å². The van der Waals surface area contributed by atoms with E-state index in [1.165, 1.54) is 19.3 Å². The molecule has 5 saturated carbocycles. The van der Waals surface area contributed by atoms with Crippen LogP contribution in [0.2, 0.25) is 0 Å². The zero-order chi connectivity index (χ0) is 27.9. The van der Waals surface area contributed by atoms with E-state index < -0.39 is 35.9 Å². The molecule has 4 bridgehead atoms. The van der Waals surface area contributed by atoms with Crippen molar-refractivity contribution in [3.63, 3.8) is 0 Å². The third kappa shape index (κ3) is 6.17. The third-order valence-electron chi connectivity index (χ3n) is 10.1. The number of Topliss-reactive ketones (excluding diaryl/α,β-unsaturated/α-hetero) is 1. The highest BCUT2D eigenvalue weighted by molar-refractivity contribution is 6.00. The number of alkyl carbamates (subject to hydrolysis) is 1. The van der Waals surface area contributed by atoms with Crippen LogP contribution in [0.25, 0.3) is 0 Å². The maximum atomic E-state index is 13.4. The Morgan fingerprint density at radius 1 is 0.949 bits per heavy atom. The van der Waals surface area contributed by atoms with Crippen molar-refractivity contribution < 1.29 is 33.4 Å². The number of hydrogen-bond acceptors (Lipinski definition) is 7. The van der Waals surface area contributed by atoms with E-state index in [4.69, 9.17) is 9.47 Å². The third-order valence-corrected chi connectivity index (χ3v) is 10.1. The van der Waals surface area contributed by atoms with E-state index in [0.717, 1.165) is 30.6 Å². The fraction of sp³-hybridized carbons (Fsp3) is 0.833. The Bertz CT molecular complexity index is 956. The predicted molar refractivity (Wildman–Crippen MR) is 141 cm³/mol. The van der Waals surface area contributed by atoms with Crippen LogP contribution in [0, 0.1) is 41.4 Å². The van der Waals surface area contributed by atoms with Crippen LogP contribution < -0.4 is 5.32 Å². The summed E-state index contributed by atoms with van der Waals surface area (Å²) < 4.78 is 11.0. The van der Waals surface area contributed by atoms with Crippen LogP contribution in [-0.2, 0) is 28.7 Å². The van der Waals surface area contributed by atoms with E-state index in [1.807, 2.05) is 6.92 Å². The smallest absolute Gasteiger partial charge is 0.407 e. The van der Waals surface area contributed by atoms with E-state index in [-0.39, 0.29) is 55.6 Å². The van der Waals surface area contributed by atoms with Crippen LogP contribution in [-0.4, -0.2) is 59.4 Å². The number of nitrogens with one attached hydrogen (secondary N) is 1. The molecule has 1 N–H and O–H groups in total. The summed E-state index contributed by atoms with van der Waals surface area (Å²) in [6.45, 7) is 5.50. The SMILES string of the molecule is CCOC(=O)CN1C(=O)CC(C[C@@H](OC(=O)NC23CC4CC(CC(C4)C2)C3)C2C[C@@H](C)CC(C)C2=O)CC1=O. The molecule has 5 aliphatic carbocycles. The standard InChI is InChI=1S/C30H44N2O7/c1-4-38-27(35)16-32-25(33)11-19(12-26(32)34)10-24(23-6-17(2)5-18(3)28(23)36)39-29(37)31-30-13-20-7-21(14-30)9-22(8-20)15-30/h17-24H,4-16H2,1-3H3,(H,31,37)/t17-,18?,20?,21?,22?,23?,24+,30?/m0/s1. The lowest BCUT2D eigenvalue weighted by Gasteiger charge is -2.56. The Labute approximate surface area is 231 Å². The first kappa shape index (κ1) is 28.1. The Morgan fingerprint density at radius 2 is 1.54 bits per heavy atom. The van der Waals surface area contributed by atoms with Crippen molar-refractivity contribution in [3.05, 3.63) is 0 Å². The van der Waals surface area contributed by atoms with Gasteiger partial charge >= 0.3 is 12.1 Å². The highest BCUT2D eigenvalue weighted by Crippen LogP contribution is 2.55. The maximum Gasteiger partial charge on any atom is 0.407 e. The fourth-order valence-corrected chi connectivity index (χ4v) is 8.94. The average molecular weight is 545 g/mol. The zero-order valence-corrected chi connectivity index (χ0v) is 23.6.